The summed E-state index contributed by atoms with van der Waals surface area (Å²) in [4.78, 5) is 17.1. The van der Waals surface area contributed by atoms with E-state index in [1.54, 1.807) is 0 Å². The first-order valence-corrected chi connectivity index (χ1v) is 6.94. The fourth-order valence-electron chi connectivity index (χ4n) is 3.07. The molecule has 2 fully saturated rings. The number of amides is 1. The van der Waals surface area contributed by atoms with Crippen LogP contribution in [0.15, 0.2) is 0 Å². The molecule has 98 valence electrons. The molecule has 2 aliphatic rings. The lowest BCUT2D eigenvalue weighted by Crippen LogP contribution is -2.61. The van der Waals surface area contributed by atoms with E-state index in [1.165, 1.54) is 25.8 Å². The van der Waals surface area contributed by atoms with Crippen LogP contribution in [0.1, 0.15) is 47.0 Å². The number of nitrogens with zero attached hydrogens (tertiary/aromatic N) is 2. The van der Waals surface area contributed by atoms with Crippen LogP contribution in [0.25, 0.3) is 0 Å². The van der Waals surface area contributed by atoms with E-state index < -0.39 is 0 Å². The second-order valence-electron chi connectivity index (χ2n) is 6.70. The zero-order chi connectivity index (χ0) is 12.6. The number of piperidine rings is 1. The first kappa shape index (κ1) is 12.9. The van der Waals surface area contributed by atoms with Gasteiger partial charge in [0.1, 0.15) is 0 Å². The Labute approximate surface area is 105 Å². The average molecular weight is 238 g/mol. The highest BCUT2D eigenvalue weighted by Crippen LogP contribution is 2.27. The molecule has 0 aliphatic carbocycles. The van der Waals surface area contributed by atoms with Crippen LogP contribution in [0.2, 0.25) is 0 Å². The van der Waals surface area contributed by atoms with Crippen LogP contribution in [0, 0.1) is 5.41 Å². The van der Waals surface area contributed by atoms with Crippen molar-refractivity contribution in [1.82, 2.24) is 9.80 Å². The van der Waals surface area contributed by atoms with Crippen molar-refractivity contribution in [3.05, 3.63) is 0 Å². The molecule has 0 bridgehead atoms. The van der Waals surface area contributed by atoms with E-state index >= 15 is 0 Å². The molecule has 0 aromatic carbocycles. The molecular formula is C14H26N2O. The minimum Gasteiger partial charge on any atom is -0.337 e. The molecule has 2 atom stereocenters. The Hall–Kier alpha value is -0.570. The summed E-state index contributed by atoms with van der Waals surface area (Å²) in [5, 5.41) is 0. The third-order valence-corrected chi connectivity index (χ3v) is 4.09. The molecule has 3 heteroatoms. The topological polar surface area (TPSA) is 23.6 Å². The number of piperazine rings is 1. The Kier molecular flexibility index (Phi) is 3.48. The second kappa shape index (κ2) is 4.60. The van der Waals surface area contributed by atoms with Gasteiger partial charge in [0.05, 0.1) is 0 Å². The highest BCUT2D eigenvalue weighted by Gasteiger charge is 2.38. The highest BCUT2D eigenvalue weighted by molar-refractivity contribution is 5.82. The van der Waals surface area contributed by atoms with Crippen molar-refractivity contribution >= 4 is 5.91 Å². The van der Waals surface area contributed by atoms with E-state index in [9.17, 15) is 4.79 Å². The Morgan fingerprint density at radius 1 is 1.18 bits per heavy atom. The summed E-state index contributed by atoms with van der Waals surface area (Å²) in [6.45, 7) is 11.5. The Bertz CT molecular complexity index is 295. The molecule has 2 heterocycles. The molecule has 2 aliphatic heterocycles. The maximum atomic E-state index is 12.4. The predicted molar refractivity (Wildman–Crippen MR) is 69.8 cm³/mol. The first-order valence-electron chi connectivity index (χ1n) is 6.94. The maximum absolute atomic E-state index is 12.4. The van der Waals surface area contributed by atoms with Gasteiger partial charge in [0, 0.05) is 30.6 Å². The Morgan fingerprint density at radius 3 is 2.53 bits per heavy atom. The Morgan fingerprint density at radius 2 is 1.88 bits per heavy atom. The van der Waals surface area contributed by atoms with Crippen LogP contribution in [0.3, 0.4) is 0 Å². The first-order chi connectivity index (χ1) is 7.89. The number of carbonyl (C=O) groups is 1. The third-order valence-electron chi connectivity index (χ3n) is 4.09. The third kappa shape index (κ3) is 2.65. The van der Waals surface area contributed by atoms with Gasteiger partial charge < -0.3 is 4.90 Å². The fourth-order valence-corrected chi connectivity index (χ4v) is 3.07. The smallest absolute Gasteiger partial charge is 0.228 e. The van der Waals surface area contributed by atoms with Gasteiger partial charge in [-0.05, 0) is 26.3 Å². The molecule has 0 aromatic rings. The fraction of sp³-hybridized carbons (Fsp3) is 0.929. The lowest BCUT2D eigenvalue weighted by atomic mass is 9.91. The molecular weight excluding hydrogens is 212 g/mol. The van der Waals surface area contributed by atoms with Crippen LogP contribution in [-0.4, -0.2) is 47.4 Å². The summed E-state index contributed by atoms with van der Waals surface area (Å²) < 4.78 is 0. The lowest BCUT2D eigenvalue weighted by Gasteiger charge is -2.48. The quantitative estimate of drug-likeness (QED) is 0.645. The summed E-state index contributed by atoms with van der Waals surface area (Å²) in [7, 11) is 0. The molecule has 2 unspecified atom stereocenters. The largest absolute Gasteiger partial charge is 0.337 e. The van der Waals surface area contributed by atoms with E-state index in [0.29, 0.717) is 18.0 Å². The average Bonchev–Trinajstić information content (AvgIpc) is 2.26. The molecule has 3 nitrogen and oxygen atoms in total. The summed E-state index contributed by atoms with van der Waals surface area (Å²) in [5.74, 6) is 0.315. The van der Waals surface area contributed by atoms with Crippen molar-refractivity contribution < 1.29 is 4.79 Å². The number of hydrogen-bond acceptors (Lipinski definition) is 2. The minimum absolute atomic E-state index is 0.245. The lowest BCUT2D eigenvalue weighted by molar-refractivity contribution is -0.146. The molecule has 0 aromatic heterocycles. The summed E-state index contributed by atoms with van der Waals surface area (Å²) in [6.07, 6.45) is 3.92. The minimum atomic E-state index is -0.245. The molecule has 0 saturated carbocycles. The monoisotopic (exact) mass is 238 g/mol. The van der Waals surface area contributed by atoms with Crippen molar-refractivity contribution in [3.63, 3.8) is 0 Å². The standard InChI is InChI=1S/C14H26N2O/c1-11-9-15-8-6-5-7-12(15)10-16(11)13(17)14(2,3)4/h11-12H,5-10H2,1-4H3. The normalized spacial score (nSPS) is 31.2. The van der Waals surface area contributed by atoms with Crippen molar-refractivity contribution in [2.24, 2.45) is 5.41 Å². The van der Waals surface area contributed by atoms with Gasteiger partial charge in [0.25, 0.3) is 0 Å². The summed E-state index contributed by atoms with van der Waals surface area (Å²) in [5.41, 5.74) is -0.245. The zero-order valence-electron chi connectivity index (χ0n) is 11.7. The number of carbonyl (C=O) groups excluding carboxylic acids is 1. The van der Waals surface area contributed by atoms with Crippen LogP contribution >= 0.6 is 0 Å². The molecule has 1 amide bonds. The maximum Gasteiger partial charge on any atom is 0.228 e. The van der Waals surface area contributed by atoms with E-state index in [2.05, 4.69) is 16.7 Å². The van der Waals surface area contributed by atoms with Gasteiger partial charge in [0.2, 0.25) is 5.91 Å². The number of rotatable bonds is 0. The molecule has 2 saturated heterocycles. The van der Waals surface area contributed by atoms with Gasteiger partial charge in [-0.25, -0.2) is 0 Å². The van der Waals surface area contributed by atoms with Gasteiger partial charge in [-0.3, -0.25) is 9.69 Å². The van der Waals surface area contributed by atoms with Crippen LogP contribution in [0.4, 0.5) is 0 Å². The molecule has 0 N–H and O–H groups in total. The van der Waals surface area contributed by atoms with Crippen LogP contribution in [-0.2, 0) is 4.79 Å². The summed E-state index contributed by atoms with van der Waals surface area (Å²) >= 11 is 0. The second-order valence-corrected chi connectivity index (χ2v) is 6.70. The van der Waals surface area contributed by atoms with E-state index in [1.807, 2.05) is 20.8 Å². The van der Waals surface area contributed by atoms with Gasteiger partial charge in [-0.15, -0.1) is 0 Å². The predicted octanol–water partition coefficient (Wildman–Crippen LogP) is 2.12. The highest BCUT2D eigenvalue weighted by atomic mass is 16.2. The number of hydrogen-bond donors (Lipinski definition) is 0. The van der Waals surface area contributed by atoms with E-state index in [-0.39, 0.29) is 5.41 Å². The molecule has 0 spiro atoms. The Balaban J connectivity index is 2.07. The zero-order valence-corrected chi connectivity index (χ0v) is 11.7. The van der Waals surface area contributed by atoms with Gasteiger partial charge in [-0.1, -0.05) is 27.2 Å². The SMILES string of the molecule is CC1CN2CCCCC2CN1C(=O)C(C)(C)C. The van der Waals surface area contributed by atoms with E-state index in [4.69, 9.17) is 0 Å². The molecule has 2 rings (SSSR count). The van der Waals surface area contributed by atoms with Crippen LogP contribution in [0.5, 0.6) is 0 Å². The molecule has 0 radical (unpaired) electrons. The van der Waals surface area contributed by atoms with Crippen molar-refractivity contribution in [3.8, 4) is 0 Å². The number of fused-ring (bicyclic) bond motifs is 1. The van der Waals surface area contributed by atoms with Crippen molar-refractivity contribution in [1.29, 1.82) is 0 Å². The van der Waals surface area contributed by atoms with Crippen molar-refractivity contribution in [2.45, 2.75) is 59.0 Å². The summed E-state index contributed by atoms with van der Waals surface area (Å²) in [6, 6.07) is 0.988. The van der Waals surface area contributed by atoms with E-state index in [0.717, 1.165) is 13.1 Å². The van der Waals surface area contributed by atoms with Gasteiger partial charge in [-0.2, -0.15) is 0 Å². The van der Waals surface area contributed by atoms with Gasteiger partial charge in [0.15, 0.2) is 0 Å². The van der Waals surface area contributed by atoms with Crippen LogP contribution < -0.4 is 0 Å². The van der Waals surface area contributed by atoms with Crippen molar-refractivity contribution in [2.75, 3.05) is 19.6 Å². The van der Waals surface area contributed by atoms with Gasteiger partial charge >= 0.3 is 0 Å². The molecule has 17 heavy (non-hydrogen) atoms.